The molecule has 28 heavy (non-hydrogen) atoms. The number of carbonyl (C=O) groups excluding carboxylic acids is 1. The Hall–Kier alpha value is -2.04. The maximum atomic E-state index is 12.3. The van der Waals surface area contributed by atoms with Gasteiger partial charge in [-0.05, 0) is 63.1 Å². The highest BCUT2D eigenvalue weighted by Gasteiger charge is 2.35. The zero-order valence-corrected chi connectivity index (χ0v) is 19.0. The molecule has 0 saturated carbocycles. The van der Waals surface area contributed by atoms with Gasteiger partial charge in [0.1, 0.15) is 5.60 Å². The minimum atomic E-state index is -0.540. The largest absolute Gasteiger partial charge is 0.444 e. The summed E-state index contributed by atoms with van der Waals surface area (Å²) in [5, 5.41) is 2.87. The SMILES string of the molecule is CC(C)c1cccc(C2CN=C(NC(=O)OC(C)(C)C)N2C(C)C)c1C(C)C. The average Bonchev–Trinajstić information content (AvgIpc) is 2.95. The lowest BCUT2D eigenvalue weighted by atomic mass is 9.84. The first kappa shape index (κ1) is 22.3. The summed E-state index contributed by atoms with van der Waals surface area (Å²) in [6.07, 6.45) is -0.461. The highest BCUT2D eigenvalue weighted by atomic mass is 16.6. The first-order valence-corrected chi connectivity index (χ1v) is 10.4. The summed E-state index contributed by atoms with van der Waals surface area (Å²) >= 11 is 0. The van der Waals surface area contributed by atoms with Crippen molar-refractivity contribution in [3.05, 3.63) is 34.9 Å². The van der Waals surface area contributed by atoms with Crippen molar-refractivity contribution < 1.29 is 9.53 Å². The van der Waals surface area contributed by atoms with E-state index in [1.165, 1.54) is 16.7 Å². The molecule has 5 nitrogen and oxygen atoms in total. The summed E-state index contributed by atoms with van der Waals surface area (Å²) in [4.78, 5) is 19.2. The van der Waals surface area contributed by atoms with Gasteiger partial charge in [0.05, 0.1) is 12.6 Å². The number of nitrogens with one attached hydrogen (secondary N) is 1. The van der Waals surface area contributed by atoms with E-state index in [1.807, 2.05) is 20.8 Å². The number of benzene rings is 1. The van der Waals surface area contributed by atoms with Gasteiger partial charge in [0.25, 0.3) is 0 Å². The number of carbonyl (C=O) groups is 1. The minimum absolute atomic E-state index is 0.112. The molecule has 5 heteroatoms. The van der Waals surface area contributed by atoms with E-state index in [0.717, 1.165) is 0 Å². The summed E-state index contributed by atoms with van der Waals surface area (Å²) in [5.41, 5.74) is 3.56. The summed E-state index contributed by atoms with van der Waals surface area (Å²) < 4.78 is 5.42. The number of guanidine groups is 1. The van der Waals surface area contributed by atoms with Gasteiger partial charge in [-0.15, -0.1) is 0 Å². The molecule has 1 atom stereocenters. The molecule has 0 spiro atoms. The smallest absolute Gasteiger partial charge is 0.414 e. The van der Waals surface area contributed by atoms with Crippen LogP contribution in [0.15, 0.2) is 23.2 Å². The van der Waals surface area contributed by atoms with Gasteiger partial charge in [0.2, 0.25) is 5.96 Å². The van der Waals surface area contributed by atoms with E-state index in [4.69, 9.17) is 4.74 Å². The van der Waals surface area contributed by atoms with Gasteiger partial charge < -0.3 is 9.64 Å². The molecule has 1 heterocycles. The molecule has 0 radical (unpaired) electrons. The van der Waals surface area contributed by atoms with Crippen molar-refractivity contribution in [3.63, 3.8) is 0 Å². The molecule has 1 unspecified atom stereocenters. The lowest BCUT2D eigenvalue weighted by molar-refractivity contribution is 0.0555. The molecule has 1 aliphatic heterocycles. The number of rotatable bonds is 4. The highest BCUT2D eigenvalue weighted by molar-refractivity contribution is 5.95. The van der Waals surface area contributed by atoms with Gasteiger partial charge in [-0.1, -0.05) is 45.9 Å². The van der Waals surface area contributed by atoms with Crippen molar-refractivity contribution in [2.75, 3.05) is 6.54 Å². The molecule has 1 amide bonds. The fraction of sp³-hybridized carbons (Fsp3) is 0.652. The van der Waals surface area contributed by atoms with Crippen molar-refractivity contribution in [1.29, 1.82) is 0 Å². The minimum Gasteiger partial charge on any atom is -0.444 e. The second-order valence-corrected chi connectivity index (χ2v) is 9.47. The van der Waals surface area contributed by atoms with E-state index in [-0.39, 0.29) is 12.1 Å². The van der Waals surface area contributed by atoms with Crippen LogP contribution in [0.1, 0.15) is 96.9 Å². The molecule has 0 aliphatic carbocycles. The van der Waals surface area contributed by atoms with E-state index < -0.39 is 11.7 Å². The highest BCUT2D eigenvalue weighted by Crippen LogP contribution is 2.37. The first-order chi connectivity index (χ1) is 12.9. The van der Waals surface area contributed by atoms with Crippen LogP contribution in [0.4, 0.5) is 4.79 Å². The zero-order valence-electron chi connectivity index (χ0n) is 19.0. The molecule has 2 rings (SSSR count). The fourth-order valence-corrected chi connectivity index (χ4v) is 3.90. The lowest BCUT2D eigenvalue weighted by Crippen LogP contribution is -2.47. The third-order valence-corrected chi connectivity index (χ3v) is 4.90. The Kier molecular flexibility index (Phi) is 6.79. The van der Waals surface area contributed by atoms with E-state index in [2.05, 4.69) is 75.0 Å². The third-order valence-electron chi connectivity index (χ3n) is 4.90. The predicted molar refractivity (Wildman–Crippen MR) is 116 cm³/mol. The topological polar surface area (TPSA) is 53.9 Å². The van der Waals surface area contributed by atoms with Crippen LogP contribution < -0.4 is 5.32 Å². The normalized spacial score (nSPS) is 17.5. The van der Waals surface area contributed by atoms with E-state index >= 15 is 0 Å². The van der Waals surface area contributed by atoms with Crippen molar-refractivity contribution in [1.82, 2.24) is 10.2 Å². The first-order valence-electron chi connectivity index (χ1n) is 10.4. The van der Waals surface area contributed by atoms with E-state index in [1.54, 1.807) is 0 Å². The molecule has 1 aliphatic rings. The average molecular weight is 388 g/mol. The number of hydrogen-bond acceptors (Lipinski definition) is 4. The number of hydrogen-bond donors (Lipinski definition) is 1. The number of nitrogens with zero attached hydrogens (tertiary/aromatic N) is 2. The van der Waals surface area contributed by atoms with Crippen LogP contribution in [-0.2, 0) is 4.74 Å². The van der Waals surface area contributed by atoms with Crippen molar-refractivity contribution >= 4 is 12.1 Å². The summed E-state index contributed by atoms with van der Waals surface area (Å²) in [6.45, 7) is 19.5. The van der Waals surface area contributed by atoms with Gasteiger partial charge in [-0.2, -0.15) is 0 Å². The number of ether oxygens (including phenoxy) is 1. The second kappa shape index (κ2) is 8.54. The predicted octanol–water partition coefficient (Wildman–Crippen LogP) is 5.58. The van der Waals surface area contributed by atoms with Gasteiger partial charge >= 0.3 is 6.09 Å². The Morgan fingerprint density at radius 2 is 1.79 bits per heavy atom. The monoisotopic (exact) mass is 387 g/mol. The Morgan fingerprint density at radius 3 is 2.29 bits per heavy atom. The molecule has 1 aromatic rings. The van der Waals surface area contributed by atoms with Gasteiger partial charge in [-0.3, -0.25) is 10.3 Å². The van der Waals surface area contributed by atoms with Crippen LogP contribution in [-0.4, -0.2) is 35.1 Å². The molecule has 0 bridgehead atoms. The van der Waals surface area contributed by atoms with Crippen molar-refractivity contribution in [2.45, 2.75) is 91.8 Å². The zero-order chi connectivity index (χ0) is 21.2. The fourth-order valence-electron chi connectivity index (χ4n) is 3.90. The maximum Gasteiger partial charge on any atom is 0.414 e. The maximum absolute atomic E-state index is 12.3. The van der Waals surface area contributed by atoms with Crippen LogP contribution in [0.2, 0.25) is 0 Å². The van der Waals surface area contributed by atoms with Crippen LogP contribution in [0.3, 0.4) is 0 Å². The van der Waals surface area contributed by atoms with Crippen LogP contribution >= 0.6 is 0 Å². The summed E-state index contributed by atoms with van der Waals surface area (Å²) in [5.74, 6) is 1.48. The van der Waals surface area contributed by atoms with Crippen LogP contribution in [0.5, 0.6) is 0 Å². The molecule has 1 aromatic carbocycles. The van der Waals surface area contributed by atoms with E-state index in [9.17, 15) is 4.79 Å². The van der Waals surface area contributed by atoms with Gasteiger partial charge in [0, 0.05) is 6.04 Å². The van der Waals surface area contributed by atoms with Gasteiger partial charge in [0.15, 0.2) is 0 Å². The van der Waals surface area contributed by atoms with Crippen molar-refractivity contribution in [3.8, 4) is 0 Å². The molecular weight excluding hydrogens is 350 g/mol. The van der Waals surface area contributed by atoms with Crippen LogP contribution in [0, 0.1) is 0 Å². The number of alkyl carbamates (subject to hydrolysis) is 1. The molecule has 1 N–H and O–H groups in total. The van der Waals surface area contributed by atoms with E-state index in [0.29, 0.717) is 24.3 Å². The number of amides is 1. The molecular formula is C23H37N3O2. The Labute approximate surface area is 170 Å². The Morgan fingerprint density at radius 1 is 1.14 bits per heavy atom. The van der Waals surface area contributed by atoms with Gasteiger partial charge in [-0.25, -0.2) is 4.79 Å². The van der Waals surface area contributed by atoms with Crippen molar-refractivity contribution in [2.24, 2.45) is 4.99 Å². The molecule has 0 saturated heterocycles. The molecule has 0 fully saturated rings. The molecule has 156 valence electrons. The standard InChI is InChI=1S/C23H37N3O2/c1-14(2)17-11-10-12-18(20(17)15(3)4)19-13-24-21(26(19)16(5)6)25-22(27)28-23(7,8)9/h10-12,14-16,19H,13H2,1-9H3,(H,24,25,27). The summed E-state index contributed by atoms with van der Waals surface area (Å²) in [6, 6.07) is 6.91. The summed E-state index contributed by atoms with van der Waals surface area (Å²) in [7, 11) is 0. The Balaban J connectivity index is 2.36. The number of aliphatic imine (C=N–C) groups is 1. The quantitative estimate of drug-likeness (QED) is 0.734. The lowest BCUT2D eigenvalue weighted by Gasteiger charge is -2.34. The molecule has 0 aromatic heterocycles. The third kappa shape index (κ3) is 5.06. The second-order valence-electron chi connectivity index (χ2n) is 9.47. The van der Waals surface area contributed by atoms with Crippen LogP contribution in [0.25, 0.3) is 0 Å². The Bertz CT molecular complexity index is 730.